The van der Waals surface area contributed by atoms with Crippen molar-refractivity contribution in [3.8, 4) is 0 Å². The maximum Gasteiger partial charge on any atom is 0.405 e. The Morgan fingerprint density at radius 2 is 1.81 bits per heavy atom. The molecule has 0 saturated heterocycles. The zero-order valence-electron chi connectivity index (χ0n) is 9.93. The van der Waals surface area contributed by atoms with Gasteiger partial charge in [-0.2, -0.15) is 13.2 Å². The predicted octanol–water partition coefficient (Wildman–Crippen LogP) is 2.53. The van der Waals surface area contributed by atoms with Gasteiger partial charge in [0.25, 0.3) is 0 Å². The summed E-state index contributed by atoms with van der Waals surface area (Å²) in [5, 5.41) is 0. The summed E-state index contributed by atoms with van der Waals surface area (Å²) in [6.07, 6.45) is -0.102. The molecule has 0 bridgehead atoms. The highest BCUT2D eigenvalue weighted by Crippen LogP contribution is 2.32. The van der Waals surface area contributed by atoms with Crippen molar-refractivity contribution in [3.05, 3.63) is 0 Å². The SMILES string of the molecule is CCC(N)C(N(C)C1CCCC1)C(F)(F)F. The number of nitrogens with two attached hydrogens (primary N) is 1. The van der Waals surface area contributed by atoms with Gasteiger partial charge in [0.15, 0.2) is 0 Å². The molecule has 2 nitrogen and oxygen atoms in total. The lowest BCUT2D eigenvalue weighted by Gasteiger charge is -2.37. The highest BCUT2D eigenvalue weighted by atomic mass is 19.4. The molecule has 5 heteroatoms. The van der Waals surface area contributed by atoms with Gasteiger partial charge >= 0.3 is 6.18 Å². The van der Waals surface area contributed by atoms with E-state index >= 15 is 0 Å². The molecule has 1 rings (SSSR count). The van der Waals surface area contributed by atoms with Crippen molar-refractivity contribution in [2.24, 2.45) is 5.73 Å². The van der Waals surface area contributed by atoms with E-state index in [1.54, 1.807) is 14.0 Å². The Hall–Kier alpha value is -0.290. The van der Waals surface area contributed by atoms with Crippen LogP contribution in [0.25, 0.3) is 0 Å². The number of halogens is 3. The van der Waals surface area contributed by atoms with Crippen LogP contribution in [-0.2, 0) is 0 Å². The van der Waals surface area contributed by atoms with E-state index in [2.05, 4.69) is 0 Å². The molecule has 1 saturated carbocycles. The van der Waals surface area contributed by atoms with Crippen LogP contribution in [0.15, 0.2) is 0 Å². The highest BCUT2D eigenvalue weighted by molar-refractivity contribution is 4.90. The molecule has 96 valence electrons. The fourth-order valence-corrected chi connectivity index (χ4v) is 2.54. The first-order valence-electron chi connectivity index (χ1n) is 5.92. The lowest BCUT2D eigenvalue weighted by molar-refractivity contribution is -0.191. The number of hydrogen-bond donors (Lipinski definition) is 1. The van der Waals surface area contributed by atoms with Gasteiger partial charge in [0.1, 0.15) is 6.04 Å². The number of alkyl halides is 3. The Morgan fingerprint density at radius 1 is 1.31 bits per heavy atom. The van der Waals surface area contributed by atoms with Crippen molar-refractivity contribution in [2.45, 2.75) is 63.3 Å². The van der Waals surface area contributed by atoms with Crippen molar-refractivity contribution in [1.29, 1.82) is 0 Å². The van der Waals surface area contributed by atoms with E-state index in [1.807, 2.05) is 0 Å². The standard InChI is InChI=1S/C11H21F3N2/c1-3-9(15)10(11(12,13)14)16(2)8-6-4-5-7-8/h8-10H,3-7,15H2,1-2H3. The molecule has 1 aliphatic rings. The van der Waals surface area contributed by atoms with Gasteiger partial charge in [-0.3, -0.25) is 4.90 Å². The molecule has 0 radical (unpaired) electrons. The molecular formula is C11H21F3N2. The van der Waals surface area contributed by atoms with E-state index < -0.39 is 18.3 Å². The summed E-state index contributed by atoms with van der Waals surface area (Å²) >= 11 is 0. The minimum absolute atomic E-state index is 0.0456. The Kier molecular flexibility index (Phi) is 4.62. The van der Waals surface area contributed by atoms with Gasteiger partial charge in [-0.25, -0.2) is 0 Å². The molecule has 0 amide bonds. The number of nitrogens with zero attached hydrogens (tertiary/aromatic N) is 1. The zero-order valence-corrected chi connectivity index (χ0v) is 9.93. The first-order valence-corrected chi connectivity index (χ1v) is 5.92. The van der Waals surface area contributed by atoms with Gasteiger partial charge in [0.2, 0.25) is 0 Å². The van der Waals surface area contributed by atoms with E-state index in [9.17, 15) is 13.2 Å². The van der Waals surface area contributed by atoms with Crippen LogP contribution in [0.2, 0.25) is 0 Å². The van der Waals surface area contributed by atoms with Gasteiger partial charge in [-0.15, -0.1) is 0 Å². The molecule has 1 aliphatic carbocycles. The zero-order chi connectivity index (χ0) is 12.3. The van der Waals surface area contributed by atoms with Crippen molar-refractivity contribution >= 4 is 0 Å². The third-order valence-electron chi connectivity index (χ3n) is 3.55. The second-order valence-corrected chi connectivity index (χ2v) is 4.66. The normalized spacial score (nSPS) is 22.7. The Bertz CT molecular complexity index is 212. The molecule has 0 aromatic carbocycles. The maximum absolute atomic E-state index is 12.9. The van der Waals surface area contributed by atoms with Crippen LogP contribution < -0.4 is 5.73 Å². The van der Waals surface area contributed by atoms with Crippen molar-refractivity contribution in [3.63, 3.8) is 0 Å². The van der Waals surface area contributed by atoms with Gasteiger partial charge in [-0.05, 0) is 26.3 Å². The van der Waals surface area contributed by atoms with Gasteiger partial charge in [0.05, 0.1) is 0 Å². The second-order valence-electron chi connectivity index (χ2n) is 4.66. The van der Waals surface area contributed by atoms with Crippen LogP contribution in [0.4, 0.5) is 13.2 Å². The van der Waals surface area contributed by atoms with Crippen LogP contribution in [-0.4, -0.2) is 36.2 Å². The number of likely N-dealkylation sites (N-methyl/N-ethyl adjacent to an activating group) is 1. The first-order chi connectivity index (χ1) is 7.38. The number of rotatable bonds is 4. The molecule has 0 heterocycles. The van der Waals surface area contributed by atoms with E-state index in [4.69, 9.17) is 5.73 Å². The Balaban J connectivity index is 2.75. The predicted molar refractivity (Wildman–Crippen MR) is 58.1 cm³/mol. The molecule has 0 spiro atoms. The summed E-state index contributed by atoms with van der Waals surface area (Å²) in [4.78, 5) is 1.45. The molecule has 16 heavy (non-hydrogen) atoms. The fourth-order valence-electron chi connectivity index (χ4n) is 2.54. The summed E-state index contributed by atoms with van der Waals surface area (Å²) < 4.78 is 38.8. The van der Waals surface area contributed by atoms with Crippen molar-refractivity contribution < 1.29 is 13.2 Å². The van der Waals surface area contributed by atoms with Gasteiger partial charge in [-0.1, -0.05) is 19.8 Å². The summed E-state index contributed by atoms with van der Waals surface area (Å²) in [5.74, 6) is 0. The van der Waals surface area contributed by atoms with Crippen LogP contribution in [0, 0.1) is 0 Å². The quantitative estimate of drug-likeness (QED) is 0.815. The van der Waals surface area contributed by atoms with Crippen molar-refractivity contribution in [2.75, 3.05) is 7.05 Å². The van der Waals surface area contributed by atoms with Crippen LogP contribution in [0.5, 0.6) is 0 Å². The molecule has 0 aromatic heterocycles. The fraction of sp³-hybridized carbons (Fsp3) is 1.00. The topological polar surface area (TPSA) is 29.3 Å². The monoisotopic (exact) mass is 238 g/mol. The molecular weight excluding hydrogens is 217 g/mol. The first kappa shape index (κ1) is 13.8. The third-order valence-corrected chi connectivity index (χ3v) is 3.55. The molecule has 0 aromatic rings. The van der Waals surface area contributed by atoms with E-state index in [0.29, 0.717) is 6.42 Å². The van der Waals surface area contributed by atoms with Crippen LogP contribution >= 0.6 is 0 Å². The van der Waals surface area contributed by atoms with E-state index in [1.165, 1.54) is 4.90 Å². The van der Waals surface area contributed by atoms with Crippen molar-refractivity contribution in [1.82, 2.24) is 4.90 Å². The van der Waals surface area contributed by atoms with E-state index in [-0.39, 0.29) is 6.04 Å². The highest BCUT2D eigenvalue weighted by Gasteiger charge is 2.47. The molecule has 1 fully saturated rings. The average molecular weight is 238 g/mol. The molecule has 2 atom stereocenters. The summed E-state index contributed by atoms with van der Waals surface area (Å²) in [7, 11) is 1.56. The molecule has 0 aliphatic heterocycles. The summed E-state index contributed by atoms with van der Waals surface area (Å²) in [6.45, 7) is 1.70. The Morgan fingerprint density at radius 3 is 2.19 bits per heavy atom. The minimum atomic E-state index is -4.23. The van der Waals surface area contributed by atoms with Gasteiger partial charge in [0, 0.05) is 12.1 Å². The summed E-state index contributed by atoms with van der Waals surface area (Å²) in [6, 6.07) is -2.28. The Labute approximate surface area is 95.0 Å². The van der Waals surface area contributed by atoms with Crippen LogP contribution in [0.3, 0.4) is 0 Å². The molecule has 2 unspecified atom stereocenters. The van der Waals surface area contributed by atoms with Gasteiger partial charge < -0.3 is 5.73 Å². The smallest absolute Gasteiger partial charge is 0.326 e. The summed E-state index contributed by atoms with van der Waals surface area (Å²) in [5.41, 5.74) is 5.61. The van der Waals surface area contributed by atoms with Crippen LogP contribution in [0.1, 0.15) is 39.0 Å². The lowest BCUT2D eigenvalue weighted by atomic mass is 10.0. The third kappa shape index (κ3) is 3.10. The number of hydrogen-bond acceptors (Lipinski definition) is 2. The lowest BCUT2D eigenvalue weighted by Crippen LogP contribution is -2.57. The largest absolute Gasteiger partial charge is 0.405 e. The van der Waals surface area contributed by atoms with E-state index in [0.717, 1.165) is 25.7 Å². The average Bonchev–Trinajstić information content (AvgIpc) is 2.68. The maximum atomic E-state index is 12.9. The second kappa shape index (κ2) is 5.36. The minimum Gasteiger partial charge on any atom is -0.326 e. The molecule has 2 N–H and O–H groups in total.